The molecule has 8 nitrogen and oxygen atoms in total. The van der Waals surface area contributed by atoms with Crippen LogP contribution in [0.2, 0.25) is 0 Å². The van der Waals surface area contributed by atoms with Crippen molar-refractivity contribution in [2.45, 2.75) is 13.2 Å². The predicted molar refractivity (Wildman–Crippen MR) is 114 cm³/mol. The van der Waals surface area contributed by atoms with Gasteiger partial charge in [0.2, 0.25) is 5.76 Å². The molecule has 0 radical (unpaired) electrons. The van der Waals surface area contributed by atoms with Gasteiger partial charge < -0.3 is 19.2 Å². The maximum atomic E-state index is 13.0. The van der Waals surface area contributed by atoms with Crippen molar-refractivity contribution in [1.29, 1.82) is 0 Å². The van der Waals surface area contributed by atoms with E-state index >= 15 is 0 Å². The number of hydrogen-bond acceptors (Lipinski definition) is 6. The molecular weight excluding hydrogens is 431 g/mol. The summed E-state index contributed by atoms with van der Waals surface area (Å²) in [6.45, 7) is 0.111. The topological polar surface area (TPSA) is 98.1 Å². The summed E-state index contributed by atoms with van der Waals surface area (Å²) < 4.78 is 28.7. The summed E-state index contributed by atoms with van der Waals surface area (Å²) >= 11 is 0. The molecule has 33 heavy (non-hydrogen) atoms. The fourth-order valence-corrected chi connectivity index (χ4v) is 3.15. The van der Waals surface area contributed by atoms with Crippen molar-refractivity contribution in [3.05, 3.63) is 94.8 Å². The van der Waals surface area contributed by atoms with Crippen LogP contribution in [0.5, 0.6) is 5.75 Å². The molecule has 168 valence electrons. The molecule has 2 aromatic carbocycles. The SMILES string of the molecule is COC(=O)c1ccc(CN2C(=O)N/C(=C\c3cccc(OCc4ccc(F)cc4)c3)C2=O)o1. The van der Waals surface area contributed by atoms with Crippen molar-refractivity contribution >= 4 is 24.0 Å². The van der Waals surface area contributed by atoms with Gasteiger partial charge in [-0.1, -0.05) is 24.3 Å². The third-order valence-electron chi connectivity index (χ3n) is 4.81. The zero-order valence-corrected chi connectivity index (χ0v) is 17.5. The minimum atomic E-state index is -0.652. The summed E-state index contributed by atoms with van der Waals surface area (Å²) in [6, 6.07) is 15.3. The van der Waals surface area contributed by atoms with Crippen molar-refractivity contribution in [2.24, 2.45) is 0 Å². The minimum absolute atomic E-state index is 0.0206. The highest BCUT2D eigenvalue weighted by Gasteiger charge is 2.34. The number of hydrogen-bond donors (Lipinski definition) is 1. The molecule has 9 heteroatoms. The molecule has 2 heterocycles. The minimum Gasteiger partial charge on any atom is -0.489 e. The summed E-state index contributed by atoms with van der Waals surface area (Å²) in [6.07, 6.45) is 1.53. The van der Waals surface area contributed by atoms with E-state index in [9.17, 15) is 18.8 Å². The molecule has 0 saturated carbocycles. The lowest BCUT2D eigenvalue weighted by Gasteiger charge is -2.09. The Hall–Kier alpha value is -4.40. The normalized spacial score (nSPS) is 14.5. The summed E-state index contributed by atoms with van der Waals surface area (Å²) in [5.74, 6) is -0.716. The number of amides is 3. The van der Waals surface area contributed by atoms with E-state index in [1.807, 2.05) is 0 Å². The lowest BCUT2D eigenvalue weighted by Crippen LogP contribution is -2.30. The van der Waals surface area contributed by atoms with Crippen LogP contribution >= 0.6 is 0 Å². The molecule has 4 rings (SSSR count). The summed E-state index contributed by atoms with van der Waals surface area (Å²) in [5.41, 5.74) is 1.54. The van der Waals surface area contributed by atoms with Crippen LogP contribution in [0.3, 0.4) is 0 Å². The van der Waals surface area contributed by atoms with Gasteiger partial charge in [0.25, 0.3) is 5.91 Å². The van der Waals surface area contributed by atoms with E-state index in [0.717, 1.165) is 10.5 Å². The molecule has 3 amide bonds. The first-order valence-electron chi connectivity index (χ1n) is 9.92. The van der Waals surface area contributed by atoms with Gasteiger partial charge in [-0.25, -0.2) is 14.0 Å². The van der Waals surface area contributed by atoms with Crippen molar-refractivity contribution in [3.8, 4) is 5.75 Å². The Morgan fingerprint density at radius 1 is 1.12 bits per heavy atom. The first-order chi connectivity index (χ1) is 15.9. The summed E-state index contributed by atoms with van der Waals surface area (Å²) in [5, 5.41) is 2.53. The Balaban J connectivity index is 1.43. The Kier molecular flexibility index (Phi) is 6.21. The number of furan rings is 1. The van der Waals surface area contributed by atoms with E-state index in [-0.39, 0.29) is 36.2 Å². The van der Waals surface area contributed by atoms with Gasteiger partial charge in [0.1, 0.15) is 29.6 Å². The Morgan fingerprint density at radius 2 is 1.91 bits per heavy atom. The van der Waals surface area contributed by atoms with Crippen molar-refractivity contribution in [3.63, 3.8) is 0 Å². The summed E-state index contributed by atoms with van der Waals surface area (Å²) in [4.78, 5) is 37.5. The van der Waals surface area contributed by atoms with E-state index in [0.29, 0.717) is 11.3 Å². The Bertz CT molecular complexity index is 1230. The van der Waals surface area contributed by atoms with Gasteiger partial charge in [-0.2, -0.15) is 0 Å². The molecule has 0 bridgehead atoms. The number of halogens is 1. The Morgan fingerprint density at radius 3 is 2.67 bits per heavy atom. The van der Waals surface area contributed by atoms with E-state index in [1.165, 1.54) is 37.5 Å². The molecule has 0 atom stereocenters. The van der Waals surface area contributed by atoms with Gasteiger partial charge in [0.05, 0.1) is 13.7 Å². The highest BCUT2D eigenvalue weighted by atomic mass is 19.1. The highest BCUT2D eigenvalue weighted by molar-refractivity contribution is 6.13. The molecule has 1 fully saturated rings. The summed E-state index contributed by atoms with van der Waals surface area (Å²) in [7, 11) is 1.22. The van der Waals surface area contributed by atoms with Gasteiger partial charge in [-0.15, -0.1) is 0 Å². The molecule has 1 aromatic heterocycles. The molecule has 0 aliphatic carbocycles. The van der Waals surface area contributed by atoms with Gasteiger partial charge in [0, 0.05) is 0 Å². The van der Waals surface area contributed by atoms with Gasteiger partial charge >= 0.3 is 12.0 Å². The van der Waals surface area contributed by atoms with E-state index in [2.05, 4.69) is 10.1 Å². The van der Waals surface area contributed by atoms with Crippen molar-refractivity contribution in [1.82, 2.24) is 10.2 Å². The number of rotatable bonds is 7. The number of ether oxygens (including phenoxy) is 2. The average molecular weight is 450 g/mol. The average Bonchev–Trinajstić information content (AvgIpc) is 3.39. The first kappa shape index (κ1) is 21.8. The largest absolute Gasteiger partial charge is 0.489 e. The maximum Gasteiger partial charge on any atom is 0.373 e. The quantitative estimate of drug-likeness (QED) is 0.333. The third-order valence-corrected chi connectivity index (χ3v) is 4.81. The number of esters is 1. The van der Waals surface area contributed by atoms with E-state index in [1.54, 1.807) is 36.4 Å². The zero-order chi connectivity index (χ0) is 23.4. The highest BCUT2D eigenvalue weighted by Crippen LogP contribution is 2.21. The van der Waals surface area contributed by atoms with Crippen molar-refractivity contribution < 1.29 is 32.7 Å². The van der Waals surface area contributed by atoms with Crippen LogP contribution in [0.1, 0.15) is 27.4 Å². The zero-order valence-electron chi connectivity index (χ0n) is 17.5. The molecule has 0 spiro atoms. The number of methoxy groups -OCH3 is 1. The van der Waals surface area contributed by atoms with E-state index < -0.39 is 17.9 Å². The van der Waals surface area contributed by atoms with Crippen LogP contribution in [0, 0.1) is 5.82 Å². The monoisotopic (exact) mass is 450 g/mol. The number of carbonyl (C=O) groups is 3. The molecule has 0 unspecified atom stereocenters. The van der Waals surface area contributed by atoms with Gasteiger partial charge in [0.15, 0.2) is 0 Å². The predicted octanol–water partition coefficient (Wildman–Crippen LogP) is 3.88. The molecular formula is C24H19FN2O6. The standard InChI is InChI=1S/C24H19FN2O6/c1-31-23(29)21-10-9-19(33-21)13-27-22(28)20(26-24(27)30)12-16-3-2-4-18(11-16)32-14-15-5-7-17(25)8-6-15/h2-12H,13-14H2,1H3,(H,26,30)/b20-12-. The van der Waals surface area contributed by atoms with Crippen LogP contribution in [-0.4, -0.2) is 29.9 Å². The van der Waals surface area contributed by atoms with Crippen LogP contribution in [0.25, 0.3) is 6.08 Å². The van der Waals surface area contributed by atoms with E-state index in [4.69, 9.17) is 9.15 Å². The number of imide groups is 1. The fraction of sp³-hybridized carbons (Fsp3) is 0.125. The molecule has 1 aliphatic heterocycles. The second-order valence-electron chi connectivity index (χ2n) is 7.12. The van der Waals surface area contributed by atoms with Gasteiger partial charge in [-0.3, -0.25) is 9.69 Å². The number of urea groups is 1. The molecule has 1 saturated heterocycles. The van der Waals surface area contributed by atoms with Crippen LogP contribution in [-0.2, 0) is 22.7 Å². The van der Waals surface area contributed by atoms with Crippen LogP contribution in [0.15, 0.2) is 70.8 Å². The fourth-order valence-electron chi connectivity index (χ4n) is 3.15. The number of nitrogens with zero attached hydrogens (tertiary/aromatic N) is 1. The lowest BCUT2D eigenvalue weighted by atomic mass is 10.1. The molecule has 1 N–H and O–H groups in total. The van der Waals surface area contributed by atoms with Crippen molar-refractivity contribution in [2.75, 3.05) is 7.11 Å². The maximum absolute atomic E-state index is 13.0. The van der Waals surface area contributed by atoms with Crippen LogP contribution in [0.4, 0.5) is 9.18 Å². The number of carbonyl (C=O) groups excluding carboxylic acids is 3. The van der Waals surface area contributed by atoms with Gasteiger partial charge in [-0.05, 0) is 53.6 Å². The van der Waals surface area contributed by atoms with Crippen LogP contribution < -0.4 is 10.1 Å². The lowest BCUT2D eigenvalue weighted by molar-refractivity contribution is -0.123. The number of nitrogens with one attached hydrogen (secondary N) is 1. The molecule has 3 aromatic rings. The smallest absolute Gasteiger partial charge is 0.373 e. The second kappa shape index (κ2) is 9.39. The first-order valence-corrected chi connectivity index (χ1v) is 9.92. The third kappa shape index (κ3) is 5.09. The second-order valence-corrected chi connectivity index (χ2v) is 7.12. The molecule has 1 aliphatic rings. The number of benzene rings is 2. The Labute approximate surface area is 188 Å².